The lowest BCUT2D eigenvalue weighted by atomic mass is 9.91. The van der Waals surface area contributed by atoms with Gasteiger partial charge in [-0.1, -0.05) is 20.8 Å². The first-order valence-electron chi connectivity index (χ1n) is 3.83. The Hall–Kier alpha value is -0.0800. The van der Waals surface area contributed by atoms with Crippen LogP contribution in [0.3, 0.4) is 0 Å². The van der Waals surface area contributed by atoms with Crippen molar-refractivity contribution in [3.8, 4) is 0 Å². The van der Waals surface area contributed by atoms with Gasteiger partial charge in [-0.25, -0.2) is 0 Å². The second-order valence-electron chi connectivity index (χ2n) is 3.76. The van der Waals surface area contributed by atoms with Gasteiger partial charge in [0.2, 0.25) is 0 Å². The summed E-state index contributed by atoms with van der Waals surface area (Å²) in [5.41, 5.74) is 5.92. The monoisotopic (exact) mass is 145 g/mol. The highest BCUT2D eigenvalue weighted by Crippen LogP contribution is 2.19. The molecule has 0 aliphatic heterocycles. The Bertz CT molecular complexity index is 85.7. The minimum Gasteiger partial charge on any atom is -0.364 e. The van der Waals surface area contributed by atoms with Crippen molar-refractivity contribution in [2.24, 2.45) is 11.1 Å². The van der Waals surface area contributed by atoms with Crippen molar-refractivity contribution in [1.29, 1.82) is 0 Å². The van der Waals surface area contributed by atoms with Gasteiger partial charge < -0.3 is 10.5 Å². The maximum atomic E-state index is 5.65. The zero-order valence-corrected chi connectivity index (χ0v) is 7.48. The lowest BCUT2D eigenvalue weighted by molar-refractivity contribution is 0.0384. The molecule has 10 heavy (non-hydrogen) atoms. The summed E-state index contributed by atoms with van der Waals surface area (Å²) in [6, 6.07) is 0. The van der Waals surface area contributed by atoms with Gasteiger partial charge in [0.15, 0.2) is 0 Å². The Morgan fingerprint density at radius 1 is 1.40 bits per heavy atom. The van der Waals surface area contributed by atoms with E-state index in [0.29, 0.717) is 6.61 Å². The fourth-order valence-electron chi connectivity index (χ4n) is 0.877. The van der Waals surface area contributed by atoms with Gasteiger partial charge in [-0.05, 0) is 18.8 Å². The summed E-state index contributed by atoms with van der Waals surface area (Å²) < 4.78 is 5.20. The molecular weight excluding hydrogens is 126 g/mol. The summed E-state index contributed by atoms with van der Waals surface area (Å²) in [6.45, 7) is 9.14. The van der Waals surface area contributed by atoms with Crippen LogP contribution in [0.25, 0.3) is 0 Å². The van der Waals surface area contributed by atoms with Gasteiger partial charge in [-0.3, -0.25) is 0 Å². The third-order valence-electron chi connectivity index (χ3n) is 1.19. The SMILES string of the molecule is CCOC(N)CC(C)(C)C. The molecule has 0 saturated heterocycles. The summed E-state index contributed by atoms with van der Waals surface area (Å²) in [7, 11) is 0. The largest absolute Gasteiger partial charge is 0.364 e. The van der Waals surface area contributed by atoms with Gasteiger partial charge in [-0.2, -0.15) is 0 Å². The molecule has 1 unspecified atom stereocenters. The second kappa shape index (κ2) is 3.94. The molecular formula is C8H19NO. The highest BCUT2D eigenvalue weighted by molar-refractivity contribution is 4.64. The molecule has 0 radical (unpaired) electrons. The van der Waals surface area contributed by atoms with E-state index in [1.54, 1.807) is 0 Å². The van der Waals surface area contributed by atoms with Gasteiger partial charge >= 0.3 is 0 Å². The normalized spacial score (nSPS) is 15.3. The van der Waals surface area contributed by atoms with Crippen LogP contribution in [-0.4, -0.2) is 12.8 Å². The first-order chi connectivity index (χ1) is 4.45. The standard InChI is InChI=1S/C8H19NO/c1-5-10-7(9)6-8(2,3)4/h7H,5-6,9H2,1-4H3. The molecule has 2 N–H and O–H groups in total. The van der Waals surface area contributed by atoms with Crippen LogP contribution in [-0.2, 0) is 4.74 Å². The highest BCUT2D eigenvalue weighted by Gasteiger charge is 2.14. The zero-order chi connectivity index (χ0) is 8.20. The molecule has 0 fully saturated rings. The summed E-state index contributed by atoms with van der Waals surface area (Å²) in [5.74, 6) is 0. The van der Waals surface area contributed by atoms with Crippen LogP contribution >= 0.6 is 0 Å². The van der Waals surface area contributed by atoms with Crippen molar-refractivity contribution in [3.05, 3.63) is 0 Å². The first-order valence-corrected chi connectivity index (χ1v) is 3.83. The summed E-state index contributed by atoms with van der Waals surface area (Å²) in [4.78, 5) is 0. The smallest absolute Gasteiger partial charge is 0.106 e. The molecule has 0 heterocycles. The van der Waals surface area contributed by atoms with Gasteiger partial charge in [0.25, 0.3) is 0 Å². The van der Waals surface area contributed by atoms with Crippen LogP contribution in [0.4, 0.5) is 0 Å². The van der Waals surface area contributed by atoms with Crippen molar-refractivity contribution in [1.82, 2.24) is 0 Å². The number of nitrogens with two attached hydrogens (primary N) is 1. The van der Waals surface area contributed by atoms with Crippen molar-refractivity contribution in [3.63, 3.8) is 0 Å². The Morgan fingerprint density at radius 2 is 1.90 bits per heavy atom. The Morgan fingerprint density at radius 3 is 2.20 bits per heavy atom. The van der Waals surface area contributed by atoms with E-state index in [2.05, 4.69) is 20.8 Å². The molecule has 62 valence electrons. The van der Waals surface area contributed by atoms with Crippen LogP contribution in [0, 0.1) is 5.41 Å². The van der Waals surface area contributed by atoms with E-state index in [4.69, 9.17) is 10.5 Å². The second-order valence-corrected chi connectivity index (χ2v) is 3.76. The number of hydrogen-bond acceptors (Lipinski definition) is 2. The molecule has 0 spiro atoms. The molecule has 0 aliphatic rings. The molecule has 0 rings (SSSR count). The molecule has 0 aromatic rings. The molecule has 0 saturated carbocycles. The quantitative estimate of drug-likeness (QED) is 0.614. The zero-order valence-electron chi connectivity index (χ0n) is 7.48. The van der Waals surface area contributed by atoms with Crippen LogP contribution < -0.4 is 5.73 Å². The van der Waals surface area contributed by atoms with Crippen molar-refractivity contribution in [2.75, 3.05) is 6.61 Å². The predicted molar refractivity (Wildman–Crippen MR) is 43.7 cm³/mol. The minimum atomic E-state index is -0.0926. The van der Waals surface area contributed by atoms with Crippen LogP contribution in [0.15, 0.2) is 0 Å². The number of rotatable bonds is 3. The lowest BCUT2D eigenvalue weighted by Crippen LogP contribution is -2.29. The third kappa shape index (κ3) is 6.05. The van der Waals surface area contributed by atoms with Crippen LogP contribution in [0.5, 0.6) is 0 Å². The third-order valence-corrected chi connectivity index (χ3v) is 1.19. The molecule has 0 aromatic heterocycles. The predicted octanol–water partition coefficient (Wildman–Crippen LogP) is 1.74. The molecule has 0 aromatic carbocycles. The topological polar surface area (TPSA) is 35.2 Å². The van der Waals surface area contributed by atoms with Gasteiger partial charge in [0.05, 0.1) is 0 Å². The average molecular weight is 145 g/mol. The Balaban J connectivity index is 3.47. The van der Waals surface area contributed by atoms with Crippen LogP contribution in [0.2, 0.25) is 0 Å². The summed E-state index contributed by atoms with van der Waals surface area (Å²) >= 11 is 0. The molecule has 0 aliphatic carbocycles. The van der Waals surface area contributed by atoms with Crippen molar-refractivity contribution in [2.45, 2.75) is 40.3 Å². The van der Waals surface area contributed by atoms with Crippen molar-refractivity contribution < 1.29 is 4.74 Å². The number of ether oxygens (including phenoxy) is 1. The van der Waals surface area contributed by atoms with E-state index in [0.717, 1.165) is 6.42 Å². The molecule has 1 atom stereocenters. The van der Waals surface area contributed by atoms with Gasteiger partial charge in [0.1, 0.15) is 6.23 Å². The van der Waals surface area contributed by atoms with Gasteiger partial charge in [-0.15, -0.1) is 0 Å². The van der Waals surface area contributed by atoms with Crippen LogP contribution in [0.1, 0.15) is 34.1 Å². The molecule has 2 nitrogen and oxygen atoms in total. The van der Waals surface area contributed by atoms with E-state index in [-0.39, 0.29) is 11.6 Å². The minimum absolute atomic E-state index is 0.0926. The lowest BCUT2D eigenvalue weighted by Gasteiger charge is -2.22. The highest BCUT2D eigenvalue weighted by atomic mass is 16.5. The van der Waals surface area contributed by atoms with E-state index < -0.39 is 0 Å². The fourth-order valence-corrected chi connectivity index (χ4v) is 0.877. The van der Waals surface area contributed by atoms with E-state index in [1.165, 1.54) is 0 Å². The first kappa shape index (κ1) is 9.92. The van der Waals surface area contributed by atoms with E-state index in [9.17, 15) is 0 Å². The van der Waals surface area contributed by atoms with Crippen molar-refractivity contribution >= 4 is 0 Å². The molecule has 2 heteroatoms. The van der Waals surface area contributed by atoms with E-state index in [1.807, 2.05) is 6.92 Å². The Kier molecular flexibility index (Phi) is 3.91. The maximum absolute atomic E-state index is 5.65. The number of hydrogen-bond donors (Lipinski definition) is 1. The molecule has 0 amide bonds. The average Bonchev–Trinajstić information content (AvgIpc) is 1.59. The van der Waals surface area contributed by atoms with E-state index >= 15 is 0 Å². The van der Waals surface area contributed by atoms with Gasteiger partial charge in [0, 0.05) is 6.61 Å². The summed E-state index contributed by atoms with van der Waals surface area (Å²) in [5, 5.41) is 0. The maximum Gasteiger partial charge on any atom is 0.106 e. The fraction of sp³-hybridized carbons (Fsp3) is 1.00. The summed E-state index contributed by atoms with van der Waals surface area (Å²) in [6.07, 6.45) is 0.825. The Labute approximate surface area is 63.7 Å². The molecule has 0 bridgehead atoms.